The van der Waals surface area contributed by atoms with Crippen molar-refractivity contribution in [1.82, 2.24) is 4.57 Å². The van der Waals surface area contributed by atoms with Gasteiger partial charge < -0.3 is 10.3 Å². The summed E-state index contributed by atoms with van der Waals surface area (Å²) in [5.74, 6) is 0. The SMILES string of the molecule is NCCc1ccn(Cc2ccccc2)c(=O)c1. The molecule has 0 saturated carbocycles. The highest BCUT2D eigenvalue weighted by atomic mass is 16.1. The molecule has 0 bridgehead atoms. The molecule has 0 amide bonds. The quantitative estimate of drug-likeness (QED) is 0.859. The molecule has 0 unspecified atom stereocenters. The Bertz CT molecular complexity index is 531. The molecule has 0 aliphatic carbocycles. The minimum Gasteiger partial charge on any atom is -0.330 e. The molecule has 2 aromatic rings. The lowest BCUT2D eigenvalue weighted by atomic mass is 10.2. The van der Waals surface area contributed by atoms with Crippen molar-refractivity contribution in [1.29, 1.82) is 0 Å². The highest BCUT2D eigenvalue weighted by Gasteiger charge is 1.99. The Balaban J connectivity index is 2.20. The Morgan fingerprint density at radius 3 is 2.47 bits per heavy atom. The summed E-state index contributed by atoms with van der Waals surface area (Å²) in [6, 6.07) is 13.6. The molecule has 2 rings (SSSR count). The van der Waals surface area contributed by atoms with Crippen LogP contribution in [0.3, 0.4) is 0 Å². The van der Waals surface area contributed by atoms with Gasteiger partial charge in [-0.1, -0.05) is 30.3 Å². The van der Waals surface area contributed by atoms with Crippen molar-refractivity contribution in [3.05, 3.63) is 70.1 Å². The minimum atomic E-state index is 0.0276. The van der Waals surface area contributed by atoms with Gasteiger partial charge in [0.05, 0.1) is 6.54 Å². The summed E-state index contributed by atoms with van der Waals surface area (Å²) in [5, 5.41) is 0. The number of pyridine rings is 1. The second-order valence-corrected chi connectivity index (χ2v) is 4.03. The van der Waals surface area contributed by atoms with E-state index in [-0.39, 0.29) is 5.56 Å². The van der Waals surface area contributed by atoms with Crippen molar-refractivity contribution < 1.29 is 0 Å². The highest BCUT2D eigenvalue weighted by Crippen LogP contribution is 2.01. The molecule has 1 heterocycles. The summed E-state index contributed by atoms with van der Waals surface area (Å²) < 4.78 is 1.70. The molecule has 3 nitrogen and oxygen atoms in total. The molecule has 0 spiro atoms. The Morgan fingerprint density at radius 1 is 1.06 bits per heavy atom. The van der Waals surface area contributed by atoms with Gasteiger partial charge in [-0.05, 0) is 30.2 Å². The molecule has 17 heavy (non-hydrogen) atoms. The highest BCUT2D eigenvalue weighted by molar-refractivity contribution is 5.17. The number of aromatic nitrogens is 1. The first-order valence-electron chi connectivity index (χ1n) is 5.73. The van der Waals surface area contributed by atoms with Crippen LogP contribution in [0.25, 0.3) is 0 Å². The number of nitrogens with zero attached hydrogens (tertiary/aromatic N) is 1. The molecule has 0 saturated heterocycles. The zero-order valence-electron chi connectivity index (χ0n) is 9.67. The lowest BCUT2D eigenvalue weighted by molar-refractivity contribution is 0.753. The maximum absolute atomic E-state index is 11.8. The maximum atomic E-state index is 11.8. The summed E-state index contributed by atoms with van der Waals surface area (Å²) in [6.07, 6.45) is 2.59. The van der Waals surface area contributed by atoms with Crippen LogP contribution < -0.4 is 11.3 Å². The van der Waals surface area contributed by atoms with E-state index >= 15 is 0 Å². The van der Waals surface area contributed by atoms with E-state index in [1.807, 2.05) is 42.6 Å². The second kappa shape index (κ2) is 5.46. The normalized spacial score (nSPS) is 10.4. The largest absolute Gasteiger partial charge is 0.330 e. The van der Waals surface area contributed by atoms with Gasteiger partial charge in [0, 0.05) is 12.3 Å². The van der Waals surface area contributed by atoms with Crippen molar-refractivity contribution in [2.45, 2.75) is 13.0 Å². The van der Waals surface area contributed by atoms with Crippen LogP contribution in [-0.2, 0) is 13.0 Å². The fourth-order valence-electron chi connectivity index (χ4n) is 1.78. The van der Waals surface area contributed by atoms with Crippen LogP contribution in [-0.4, -0.2) is 11.1 Å². The van der Waals surface area contributed by atoms with Crippen molar-refractivity contribution >= 4 is 0 Å². The Kier molecular flexibility index (Phi) is 3.73. The third-order valence-electron chi connectivity index (χ3n) is 2.69. The molecule has 0 radical (unpaired) electrons. The van der Waals surface area contributed by atoms with Crippen LogP contribution >= 0.6 is 0 Å². The molecule has 3 heteroatoms. The van der Waals surface area contributed by atoms with E-state index in [2.05, 4.69) is 0 Å². The van der Waals surface area contributed by atoms with Gasteiger partial charge in [-0.3, -0.25) is 4.79 Å². The van der Waals surface area contributed by atoms with E-state index in [1.54, 1.807) is 10.6 Å². The van der Waals surface area contributed by atoms with Gasteiger partial charge in [0.2, 0.25) is 0 Å². The average molecular weight is 228 g/mol. The fourth-order valence-corrected chi connectivity index (χ4v) is 1.78. The molecule has 0 fully saturated rings. The molecule has 1 aromatic heterocycles. The molecular formula is C14H16N2O. The van der Waals surface area contributed by atoms with Crippen LogP contribution in [0.15, 0.2) is 53.5 Å². The number of nitrogens with two attached hydrogens (primary N) is 1. The molecule has 1 aromatic carbocycles. The molecule has 2 N–H and O–H groups in total. The van der Waals surface area contributed by atoms with E-state index < -0.39 is 0 Å². The van der Waals surface area contributed by atoms with Crippen LogP contribution in [0.2, 0.25) is 0 Å². The lowest BCUT2D eigenvalue weighted by Crippen LogP contribution is -2.20. The van der Waals surface area contributed by atoms with Gasteiger partial charge in [-0.25, -0.2) is 0 Å². The molecule has 0 aliphatic heterocycles. The number of benzene rings is 1. The number of rotatable bonds is 4. The van der Waals surface area contributed by atoms with Gasteiger partial charge in [0.25, 0.3) is 5.56 Å². The smallest absolute Gasteiger partial charge is 0.251 e. The minimum absolute atomic E-state index is 0.0276. The first kappa shape index (κ1) is 11.6. The van der Waals surface area contributed by atoms with Crippen molar-refractivity contribution in [2.75, 3.05) is 6.54 Å². The van der Waals surface area contributed by atoms with Crippen LogP contribution in [0, 0.1) is 0 Å². The van der Waals surface area contributed by atoms with Gasteiger partial charge in [0.15, 0.2) is 0 Å². The Hall–Kier alpha value is -1.87. The zero-order chi connectivity index (χ0) is 12.1. The molecule has 0 aliphatic rings. The van der Waals surface area contributed by atoms with Crippen LogP contribution in [0.4, 0.5) is 0 Å². The Labute approximate surface area is 101 Å². The topological polar surface area (TPSA) is 48.0 Å². The monoisotopic (exact) mass is 228 g/mol. The van der Waals surface area contributed by atoms with Crippen LogP contribution in [0.1, 0.15) is 11.1 Å². The maximum Gasteiger partial charge on any atom is 0.251 e. The zero-order valence-corrected chi connectivity index (χ0v) is 9.67. The van der Waals surface area contributed by atoms with Crippen molar-refractivity contribution in [3.8, 4) is 0 Å². The van der Waals surface area contributed by atoms with Crippen LogP contribution in [0.5, 0.6) is 0 Å². The second-order valence-electron chi connectivity index (χ2n) is 4.03. The summed E-state index contributed by atoms with van der Waals surface area (Å²) in [6.45, 7) is 1.19. The third kappa shape index (κ3) is 3.04. The van der Waals surface area contributed by atoms with Crippen molar-refractivity contribution in [3.63, 3.8) is 0 Å². The van der Waals surface area contributed by atoms with Gasteiger partial charge in [0.1, 0.15) is 0 Å². The van der Waals surface area contributed by atoms with E-state index in [0.717, 1.165) is 17.5 Å². The first-order valence-corrected chi connectivity index (χ1v) is 5.73. The standard InChI is InChI=1S/C14H16N2O/c15-8-6-12-7-9-16(14(17)10-12)11-13-4-2-1-3-5-13/h1-5,7,9-10H,6,8,11,15H2. The van der Waals surface area contributed by atoms with Gasteiger partial charge in [-0.15, -0.1) is 0 Å². The van der Waals surface area contributed by atoms with Crippen molar-refractivity contribution in [2.24, 2.45) is 5.73 Å². The van der Waals surface area contributed by atoms with E-state index in [1.165, 1.54) is 0 Å². The molecular weight excluding hydrogens is 212 g/mol. The number of hydrogen-bond donors (Lipinski definition) is 1. The predicted octanol–water partition coefficient (Wildman–Crippen LogP) is 1.40. The first-order chi connectivity index (χ1) is 8.29. The van der Waals surface area contributed by atoms with E-state index in [4.69, 9.17) is 5.73 Å². The molecule has 0 atom stereocenters. The fraction of sp³-hybridized carbons (Fsp3) is 0.214. The predicted molar refractivity (Wildman–Crippen MR) is 69.0 cm³/mol. The van der Waals surface area contributed by atoms with Gasteiger partial charge in [-0.2, -0.15) is 0 Å². The van der Waals surface area contributed by atoms with E-state index in [9.17, 15) is 4.79 Å². The Morgan fingerprint density at radius 2 is 1.82 bits per heavy atom. The summed E-state index contributed by atoms with van der Waals surface area (Å²) >= 11 is 0. The van der Waals surface area contributed by atoms with E-state index in [0.29, 0.717) is 13.1 Å². The molecule has 88 valence electrons. The lowest BCUT2D eigenvalue weighted by Gasteiger charge is -2.06. The summed E-state index contributed by atoms with van der Waals surface area (Å²) in [4.78, 5) is 11.8. The van der Waals surface area contributed by atoms with Gasteiger partial charge >= 0.3 is 0 Å². The third-order valence-corrected chi connectivity index (χ3v) is 2.69. The number of hydrogen-bond acceptors (Lipinski definition) is 2. The average Bonchev–Trinajstić information content (AvgIpc) is 2.34. The summed E-state index contributed by atoms with van der Waals surface area (Å²) in [5.41, 5.74) is 7.62. The summed E-state index contributed by atoms with van der Waals surface area (Å²) in [7, 11) is 0.